The van der Waals surface area contributed by atoms with Crippen molar-refractivity contribution in [1.82, 2.24) is 25.5 Å². The summed E-state index contributed by atoms with van der Waals surface area (Å²) < 4.78 is 14.1. The van der Waals surface area contributed by atoms with Gasteiger partial charge in [0.05, 0.1) is 11.6 Å². The summed E-state index contributed by atoms with van der Waals surface area (Å²) in [5.74, 6) is -0.229. The van der Waals surface area contributed by atoms with E-state index < -0.39 is 17.9 Å². The van der Waals surface area contributed by atoms with E-state index in [0.717, 1.165) is 32.2 Å². The first-order chi connectivity index (χ1) is 17.2. The maximum Gasteiger partial charge on any atom is 0.243 e. The third-order valence-corrected chi connectivity index (χ3v) is 6.92. The minimum atomic E-state index is -0.845. The number of imidazole rings is 1. The average Bonchev–Trinajstić information content (AvgIpc) is 3.31. The number of fused-ring (bicyclic) bond motifs is 1. The van der Waals surface area contributed by atoms with Gasteiger partial charge in [-0.1, -0.05) is 26.8 Å². The van der Waals surface area contributed by atoms with Crippen molar-refractivity contribution in [3.63, 3.8) is 0 Å². The molecule has 1 aliphatic heterocycles. The van der Waals surface area contributed by atoms with E-state index in [4.69, 9.17) is 0 Å². The third-order valence-electron chi connectivity index (χ3n) is 6.92. The van der Waals surface area contributed by atoms with Crippen molar-refractivity contribution in [3.05, 3.63) is 29.8 Å². The van der Waals surface area contributed by atoms with Crippen molar-refractivity contribution in [2.75, 3.05) is 6.54 Å². The standard InChI is InChI=1S/C27H40FN5O3/c1-5-19-9-6-7-16-33(19)24(35)15-13-22(30-23(34)14-12-17(2)3)27(36)29-18(4)26-31-21-11-8-10-20(28)25(21)32-26/h8,10-11,17-19,22H,5-7,9,12-16H2,1-4H3,(H,29,36)(H,30,34)(H,31,32)/t18-,19-,22-/m0/s1. The highest BCUT2D eigenvalue weighted by Gasteiger charge is 2.28. The molecular formula is C27H40FN5O3. The summed E-state index contributed by atoms with van der Waals surface area (Å²) in [6.45, 7) is 8.66. The number of para-hydroxylation sites is 1. The molecule has 3 atom stereocenters. The highest BCUT2D eigenvalue weighted by atomic mass is 19.1. The Balaban J connectivity index is 1.67. The quantitative estimate of drug-likeness (QED) is 0.425. The van der Waals surface area contributed by atoms with E-state index in [2.05, 4.69) is 27.5 Å². The molecule has 1 aromatic heterocycles. The minimum absolute atomic E-state index is 0.0246. The fraction of sp³-hybridized carbons (Fsp3) is 0.630. The van der Waals surface area contributed by atoms with Crippen molar-refractivity contribution in [2.45, 2.75) is 97.2 Å². The largest absolute Gasteiger partial charge is 0.345 e. The summed E-state index contributed by atoms with van der Waals surface area (Å²) in [5, 5.41) is 5.71. The number of likely N-dealkylation sites (tertiary alicyclic amines) is 1. The van der Waals surface area contributed by atoms with Crippen LogP contribution in [-0.4, -0.2) is 51.2 Å². The molecule has 9 heteroatoms. The van der Waals surface area contributed by atoms with Crippen LogP contribution in [0.5, 0.6) is 0 Å². The van der Waals surface area contributed by atoms with Crippen LogP contribution in [0.3, 0.4) is 0 Å². The summed E-state index contributed by atoms with van der Waals surface area (Å²) in [6.07, 6.45) is 5.47. The molecule has 3 rings (SSSR count). The molecule has 36 heavy (non-hydrogen) atoms. The van der Waals surface area contributed by atoms with Crippen LogP contribution >= 0.6 is 0 Å². The number of piperidine rings is 1. The Hall–Kier alpha value is -2.97. The summed E-state index contributed by atoms with van der Waals surface area (Å²) >= 11 is 0. The zero-order valence-corrected chi connectivity index (χ0v) is 21.9. The fourth-order valence-corrected chi connectivity index (χ4v) is 4.72. The Bertz CT molecular complexity index is 1050. The van der Waals surface area contributed by atoms with Crippen LogP contribution in [0.25, 0.3) is 11.0 Å². The molecule has 0 saturated carbocycles. The highest BCUT2D eigenvalue weighted by Crippen LogP contribution is 2.22. The number of aromatic amines is 1. The molecule has 3 amide bonds. The van der Waals surface area contributed by atoms with Crippen LogP contribution in [0.15, 0.2) is 18.2 Å². The van der Waals surface area contributed by atoms with Gasteiger partial charge in [0.15, 0.2) is 5.82 Å². The number of halogens is 1. The number of H-pyrrole nitrogens is 1. The number of nitrogens with zero attached hydrogens (tertiary/aromatic N) is 2. The molecule has 0 spiro atoms. The average molecular weight is 502 g/mol. The van der Waals surface area contributed by atoms with Crippen molar-refractivity contribution < 1.29 is 18.8 Å². The predicted molar refractivity (Wildman–Crippen MR) is 137 cm³/mol. The number of hydrogen-bond donors (Lipinski definition) is 3. The van der Waals surface area contributed by atoms with E-state index >= 15 is 0 Å². The van der Waals surface area contributed by atoms with Crippen LogP contribution in [0.2, 0.25) is 0 Å². The van der Waals surface area contributed by atoms with Gasteiger partial charge in [0.2, 0.25) is 17.7 Å². The van der Waals surface area contributed by atoms with Gasteiger partial charge < -0.3 is 20.5 Å². The van der Waals surface area contributed by atoms with E-state index in [-0.39, 0.29) is 42.1 Å². The number of benzene rings is 1. The first kappa shape index (κ1) is 27.6. The molecule has 2 heterocycles. The summed E-state index contributed by atoms with van der Waals surface area (Å²) in [7, 11) is 0. The molecule has 2 aromatic rings. The molecule has 1 aliphatic rings. The second-order valence-corrected chi connectivity index (χ2v) is 10.2. The second kappa shape index (κ2) is 12.8. The summed E-state index contributed by atoms with van der Waals surface area (Å²) in [4.78, 5) is 48.1. The summed E-state index contributed by atoms with van der Waals surface area (Å²) in [6, 6.07) is 3.50. The van der Waals surface area contributed by atoms with Crippen LogP contribution in [0.4, 0.5) is 4.39 Å². The van der Waals surface area contributed by atoms with Gasteiger partial charge in [0.1, 0.15) is 17.4 Å². The van der Waals surface area contributed by atoms with Gasteiger partial charge in [-0.2, -0.15) is 0 Å². The molecule has 0 radical (unpaired) electrons. The van der Waals surface area contributed by atoms with E-state index in [1.807, 2.05) is 18.7 Å². The molecule has 198 valence electrons. The van der Waals surface area contributed by atoms with Crippen LogP contribution < -0.4 is 10.6 Å². The Labute approximate surface area is 212 Å². The number of carbonyl (C=O) groups is 3. The lowest BCUT2D eigenvalue weighted by atomic mass is 9.99. The smallest absolute Gasteiger partial charge is 0.243 e. The molecule has 0 unspecified atom stereocenters. The van der Waals surface area contributed by atoms with Gasteiger partial charge in [0.25, 0.3) is 0 Å². The van der Waals surface area contributed by atoms with E-state index in [0.29, 0.717) is 30.1 Å². The zero-order valence-electron chi connectivity index (χ0n) is 21.9. The van der Waals surface area contributed by atoms with Crippen molar-refractivity contribution >= 4 is 28.8 Å². The van der Waals surface area contributed by atoms with Gasteiger partial charge in [0, 0.05) is 25.4 Å². The second-order valence-electron chi connectivity index (χ2n) is 10.2. The predicted octanol–water partition coefficient (Wildman–Crippen LogP) is 4.37. The van der Waals surface area contributed by atoms with E-state index in [1.54, 1.807) is 19.1 Å². The normalized spacial score (nSPS) is 17.7. The number of hydrogen-bond acceptors (Lipinski definition) is 4. The van der Waals surface area contributed by atoms with Crippen LogP contribution in [0, 0.1) is 11.7 Å². The number of amides is 3. The van der Waals surface area contributed by atoms with E-state index in [1.165, 1.54) is 6.07 Å². The number of rotatable bonds is 11. The van der Waals surface area contributed by atoms with Crippen LogP contribution in [-0.2, 0) is 14.4 Å². The first-order valence-electron chi connectivity index (χ1n) is 13.2. The highest BCUT2D eigenvalue weighted by molar-refractivity contribution is 5.88. The monoisotopic (exact) mass is 501 g/mol. The van der Waals surface area contributed by atoms with E-state index in [9.17, 15) is 18.8 Å². The zero-order chi connectivity index (χ0) is 26.2. The van der Waals surface area contributed by atoms with Crippen LogP contribution in [0.1, 0.15) is 90.9 Å². The Kier molecular flexibility index (Phi) is 9.84. The third kappa shape index (κ3) is 7.27. The number of nitrogens with one attached hydrogen (secondary N) is 3. The Morgan fingerprint density at radius 3 is 2.61 bits per heavy atom. The lowest BCUT2D eigenvalue weighted by Crippen LogP contribution is -2.49. The molecule has 1 fully saturated rings. The SMILES string of the molecule is CC[C@H]1CCCCN1C(=O)CC[C@H](NC(=O)CCC(C)C)C(=O)N[C@@H](C)c1nc2c(F)cccc2[nH]1. The first-order valence-corrected chi connectivity index (χ1v) is 13.2. The topological polar surface area (TPSA) is 107 Å². The van der Waals surface area contributed by atoms with Gasteiger partial charge in [-0.15, -0.1) is 0 Å². The Morgan fingerprint density at radius 1 is 1.14 bits per heavy atom. The molecule has 1 aromatic carbocycles. The summed E-state index contributed by atoms with van der Waals surface area (Å²) in [5.41, 5.74) is 0.756. The molecule has 0 aliphatic carbocycles. The van der Waals surface area contributed by atoms with Gasteiger partial charge >= 0.3 is 0 Å². The lowest BCUT2D eigenvalue weighted by molar-refractivity contribution is -0.136. The fourth-order valence-electron chi connectivity index (χ4n) is 4.72. The maximum absolute atomic E-state index is 14.1. The lowest BCUT2D eigenvalue weighted by Gasteiger charge is -2.35. The molecular weight excluding hydrogens is 461 g/mol. The minimum Gasteiger partial charge on any atom is -0.345 e. The molecule has 1 saturated heterocycles. The van der Waals surface area contributed by atoms with Crippen molar-refractivity contribution in [3.8, 4) is 0 Å². The van der Waals surface area contributed by atoms with Gasteiger partial charge in [-0.25, -0.2) is 9.37 Å². The van der Waals surface area contributed by atoms with Crippen molar-refractivity contribution in [1.29, 1.82) is 0 Å². The maximum atomic E-state index is 14.1. The number of carbonyl (C=O) groups excluding carboxylic acids is 3. The van der Waals surface area contributed by atoms with Gasteiger partial charge in [-0.3, -0.25) is 14.4 Å². The molecule has 8 nitrogen and oxygen atoms in total. The molecule has 0 bridgehead atoms. The molecule has 3 N–H and O–H groups in total. The van der Waals surface area contributed by atoms with Crippen molar-refractivity contribution in [2.24, 2.45) is 5.92 Å². The Morgan fingerprint density at radius 2 is 1.92 bits per heavy atom. The van der Waals surface area contributed by atoms with Gasteiger partial charge in [-0.05, 0) is 63.5 Å². The number of aromatic nitrogens is 2.